The van der Waals surface area contributed by atoms with Crippen LogP contribution in [0.3, 0.4) is 0 Å². The number of carbonyl (C=O) groups is 2. The van der Waals surface area contributed by atoms with Crippen molar-refractivity contribution < 1.29 is 27.9 Å². The van der Waals surface area contributed by atoms with E-state index in [-0.39, 0.29) is 30.0 Å². The van der Waals surface area contributed by atoms with Gasteiger partial charge in [0.2, 0.25) is 0 Å². The van der Waals surface area contributed by atoms with E-state index in [0.717, 1.165) is 6.07 Å². The highest BCUT2D eigenvalue weighted by Crippen LogP contribution is 2.32. The Morgan fingerprint density at radius 2 is 1.81 bits per heavy atom. The summed E-state index contributed by atoms with van der Waals surface area (Å²) < 4.78 is 39.4. The number of aliphatic carboxylic acids is 1. The molecule has 1 fully saturated rings. The molecule has 0 aliphatic heterocycles. The number of halogens is 3. The van der Waals surface area contributed by atoms with Gasteiger partial charge in [-0.15, -0.1) is 0 Å². The van der Waals surface area contributed by atoms with Crippen LogP contribution in [0.4, 0.5) is 18.0 Å². The molecule has 0 aromatic heterocycles. The van der Waals surface area contributed by atoms with E-state index >= 15 is 0 Å². The van der Waals surface area contributed by atoms with E-state index in [0.29, 0.717) is 25.7 Å². The topological polar surface area (TPSA) is 69.6 Å². The van der Waals surface area contributed by atoms with Crippen molar-refractivity contribution in [2.24, 2.45) is 5.92 Å². The zero-order chi connectivity index (χ0) is 20.2. The van der Waals surface area contributed by atoms with Crippen molar-refractivity contribution in [2.75, 3.05) is 7.05 Å². The van der Waals surface area contributed by atoms with Gasteiger partial charge in [0, 0.05) is 19.1 Å². The summed E-state index contributed by atoms with van der Waals surface area (Å²) in [6.07, 6.45) is -2.15. The van der Waals surface area contributed by atoms with Gasteiger partial charge in [-0.3, -0.25) is 4.79 Å². The first-order chi connectivity index (χ1) is 12.6. The molecule has 2 rings (SSSR count). The fraction of sp³-hybridized carbons (Fsp3) is 0.579. The van der Waals surface area contributed by atoms with Gasteiger partial charge in [-0.25, -0.2) is 4.79 Å². The summed E-state index contributed by atoms with van der Waals surface area (Å²) in [4.78, 5) is 24.8. The molecule has 0 bridgehead atoms. The minimum absolute atomic E-state index is 0.0886. The first kappa shape index (κ1) is 21.1. The summed E-state index contributed by atoms with van der Waals surface area (Å²) in [6, 6.07) is 4.49. The first-order valence-electron chi connectivity index (χ1n) is 9.00. The summed E-state index contributed by atoms with van der Waals surface area (Å²) in [5.74, 6) is -1.18. The zero-order valence-corrected chi connectivity index (χ0v) is 15.4. The number of hydrogen-bond donors (Lipinski definition) is 2. The largest absolute Gasteiger partial charge is 0.481 e. The van der Waals surface area contributed by atoms with Gasteiger partial charge < -0.3 is 15.3 Å². The third kappa shape index (κ3) is 5.61. The summed E-state index contributed by atoms with van der Waals surface area (Å²) in [5.41, 5.74) is -0.531. The monoisotopic (exact) mass is 386 g/mol. The molecule has 1 aromatic carbocycles. The van der Waals surface area contributed by atoms with E-state index in [1.807, 2.05) is 0 Å². The van der Waals surface area contributed by atoms with E-state index in [9.17, 15) is 22.8 Å². The maximum atomic E-state index is 13.1. The van der Waals surface area contributed by atoms with E-state index in [1.54, 1.807) is 20.0 Å². The number of carboxylic acid groups (broad SMARTS) is 1. The Labute approximate surface area is 156 Å². The molecule has 0 radical (unpaired) electrons. The molecule has 0 saturated heterocycles. The van der Waals surface area contributed by atoms with Gasteiger partial charge >= 0.3 is 18.2 Å². The van der Waals surface area contributed by atoms with Crippen molar-refractivity contribution in [2.45, 2.75) is 57.3 Å². The van der Waals surface area contributed by atoms with Crippen LogP contribution in [0.1, 0.15) is 43.7 Å². The SMILES string of the molecule is CC(Cc1ccccc1C(F)(F)F)N(C)C(=O)NC1CCC(C(=O)O)CC1. The van der Waals surface area contributed by atoms with Crippen LogP contribution in [0.25, 0.3) is 0 Å². The standard InChI is InChI=1S/C19H25F3N2O3/c1-12(11-14-5-3-4-6-16(14)19(20,21)22)24(2)18(27)23-15-9-7-13(8-10-15)17(25)26/h3-6,12-13,15H,7-11H2,1-2H3,(H,23,27)(H,25,26). The van der Waals surface area contributed by atoms with E-state index in [4.69, 9.17) is 5.11 Å². The number of likely N-dealkylation sites (N-methyl/N-ethyl adjacent to an activating group) is 1. The molecule has 1 atom stereocenters. The number of amides is 2. The Morgan fingerprint density at radius 3 is 2.37 bits per heavy atom. The quantitative estimate of drug-likeness (QED) is 0.806. The predicted molar refractivity (Wildman–Crippen MR) is 94.3 cm³/mol. The Hall–Kier alpha value is -2.25. The summed E-state index contributed by atoms with van der Waals surface area (Å²) in [5, 5.41) is 11.9. The fourth-order valence-electron chi connectivity index (χ4n) is 3.39. The average Bonchev–Trinajstić information content (AvgIpc) is 2.61. The Balaban J connectivity index is 1.93. The fourth-order valence-corrected chi connectivity index (χ4v) is 3.39. The second-order valence-electron chi connectivity index (χ2n) is 7.16. The maximum Gasteiger partial charge on any atom is 0.416 e. The molecule has 2 N–H and O–H groups in total. The van der Waals surface area contributed by atoms with Crippen LogP contribution >= 0.6 is 0 Å². The van der Waals surface area contributed by atoms with Crippen molar-refractivity contribution in [3.8, 4) is 0 Å². The number of alkyl halides is 3. The summed E-state index contributed by atoms with van der Waals surface area (Å²) in [7, 11) is 1.55. The number of nitrogens with one attached hydrogen (secondary N) is 1. The predicted octanol–water partition coefficient (Wildman–Crippen LogP) is 3.92. The van der Waals surface area contributed by atoms with Gasteiger partial charge in [-0.05, 0) is 50.7 Å². The third-order valence-corrected chi connectivity index (χ3v) is 5.22. The first-order valence-corrected chi connectivity index (χ1v) is 9.00. The minimum Gasteiger partial charge on any atom is -0.481 e. The van der Waals surface area contributed by atoms with Crippen LogP contribution in [0, 0.1) is 5.92 Å². The molecule has 0 spiro atoms. The van der Waals surface area contributed by atoms with Crippen molar-refractivity contribution in [3.05, 3.63) is 35.4 Å². The van der Waals surface area contributed by atoms with Crippen molar-refractivity contribution in [3.63, 3.8) is 0 Å². The molecule has 1 unspecified atom stereocenters. The van der Waals surface area contributed by atoms with Gasteiger partial charge in [0.25, 0.3) is 0 Å². The normalized spacial score (nSPS) is 21.4. The molecular formula is C19H25F3N2O3. The zero-order valence-electron chi connectivity index (χ0n) is 15.4. The second kappa shape index (κ2) is 8.63. The molecule has 2 amide bonds. The van der Waals surface area contributed by atoms with Crippen LogP contribution in [-0.2, 0) is 17.4 Å². The Morgan fingerprint density at radius 1 is 1.22 bits per heavy atom. The minimum atomic E-state index is -4.43. The summed E-state index contributed by atoms with van der Waals surface area (Å²) >= 11 is 0. The molecule has 0 heterocycles. The molecular weight excluding hydrogens is 361 g/mol. The lowest BCUT2D eigenvalue weighted by molar-refractivity contribution is -0.143. The lowest BCUT2D eigenvalue weighted by Gasteiger charge is -2.31. The van der Waals surface area contributed by atoms with Crippen molar-refractivity contribution in [1.82, 2.24) is 10.2 Å². The van der Waals surface area contributed by atoms with Crippen LogP contribution in [0.15, 0.2) is 24.3 Å². The lowest BCUT2D eigenvalue weighted by atomic mass is 9.86. The number of hydrogen-bond acceptors (Lipinski definition) is 2. The van der Waals surface area contributed by atoms with Crippen LogP contribution in [0.5, 0.6) is 0 Å². The molecule has 8 heteroatoms. The lowest BCUT2D eigenvalue weighted by Crippen LogP contribution is -2.48. The molecule has 5 nitrogen and oxygen atoms in total. The molecule has 1 saturated carbocycles. The van der Waals surface area contributed by atoms with Gasteiger partial charge in [-0.2, -0.15) is 13.2 Å². The highest BCUT2D eigenvalue weighted by atomic mass is 19.4. The van der Waals surface area contributed by atoms with Crippen LogP contribution < -0.4 is 5.32 Å². The van der Waals surface area contributed by atoms with Crippen molar-refractivity contribution in [1.29, 1.82) is 0 Å². The molecule has 150 valence electrons. The maximum absolute atomic E-state index is 13.1. The number of rotatable bonds is 5. The van der Waals surface area contributed by atoms with E-state index < -0.39 is 23.8 Å². The van der Waals surface area contributed by atoms with Gasteiger partial charge in [0.15, 0.2) is 0 Å². The number of nitrogens with zero attached hydrogens (tertiary/aromatic N) is 1. The van der Waals surface area contributed by atoms with Gasteiger partial charge in [0.1, 0.15) is 0 Å². The smallest absolute Gasteiger partial charge is 0.416 e. The Kier molecular flexibility index (Phi) is 6.73. The summed E-state index contributed by atoms with van der Waals surface area (Å²) in [6.45, 7) is 1.70. The van der Waals surface area contributed by atoms with Gasteiger partial charge in [-0.1, -0.05) is 18.2 Å². The highest BCUT2D eigenvalue weighted by Gasteiger charge is 2.34. The van der Waals surface area contributed by atoms with Gasteiger partial charge in [0.05, 0.1) is 11.5 Å². The van der Waals surface area contributed by atoms with Crippen LogP contribution in [0.2, 0.25) is 0 Å². The molecule has 1 aliphatic carbocycles. The number of benzene rings is 1. The number of carbonyl (C=O) groups excluding carboxylic acids is 1. The highest BCUT2D eigenvalue weighted by molar-refractivity contribution is 5.74. The third-order valence-electron chi connectivity index (χ3n) is 5.22. The number of carboxylic acids is 1. The molecule has 1 aliphatic rings. The van der Waals surface area contributed by atoms with E-state index in [1.165, 1.54) is 17.0 Å². The molecule has 27 heavy (non-hydrogen) atoms. The Bertz CT molecular complexity index is 670. The second-order valence-corrected chi connectivity index (χ2v) is 7.16. The average molecular weight is 386 g/mol. The number of urea groups is 1. The van der Waals surface area contributed by atoms with E-state index in [2.05, 4.69) is 5.32 Å². The van der Waals surface area contributed by atoms with Crippen molar-refractivity contribution >= 4 is 12.0 Å². The molecule has 1 aromatic rings. The van der Waals surface area contributed by atoms with Crippen LogP contribution in [-0.4, -0.2) is 41.1 Å².